The van der Waals surface area contributed by atoms with Crippen LogP contribution in [0.3, 0.4) is 0 Å². The summed E-state index contributed by atoms with van der Waals surface area (Å²) >= 11 is 6.06. The van der Waals surface area contributed by atoms with Gasteiger partial charge in [-0.1, -0.05) is 16.8 Å². The number of aromatic nitrogens is 3. The van der Waals surface area contributed by atoms with E-state index in [1.807, 2.05) is 0 Å². The van der Waals surface area contributed by atoms with E-state index in [-0.39, 0.29) is 5.95 Å². The topological polar surface area (TPSA) is 77.8 Å². The summed E-state index contributed by atoms with van der Waals surface area (Å²) in [7, 11) is 0. The highest BCUT2D eigenvalue weighted by Crippen LogP contribution is 2.36. The van der Waals surface area contributed by atoms with Gasteiger partial charge < -0.3 is 10.3 Å². The van der Waals surface area contributed by atoms with Gasteiger partial charge in [-0.3, -0.25) is 0 Å². The van der Waals surface area contributed by atoms with Crippen molar-refractivity contribution in [3.63, 3.8) is 0 Å². The Labute approximate surface area is 103 Å². The van der Waals surface area contributed by atoms with Gasteiger partial charge in [-0.2, -0.15) is 0 Å². The van der Waals surface area contributed by atoms with Crippen molar-refractivity contribution < 1.29 is 4.52 Å². The largest absolute Gasteiger partial charge is 0.368 e. The van der Waals surface area contributed by atoms with E-state index in [0.29, 0.717) is 10.7 Å². The highest BCUT2D eigenvalue weighted by Gasteiger charge is 2.25. The molecule has 6 heteroatoms. The molecule has 2 heterocycles. The lowest BCUT2D eigenvalue weighted by Gasteiger charge is -2.02. The van der Waals surface area contributed by atoms with Crippen LogP contribution < -0.4 is 5.73 Å². The van der Waals surface area contributed by atoms with E-state index in [0.717, 1.165) is 23.6 Å². The third-order valence-corrected chi connectivity index (χ3v) is 3.12. The van der Waals surface area contributed by atoms with Crippen molar-refractivity contribution in [1.82, 2.24) is 15.1 Å². The quantitative estimate of drug-likeness (QED) is 0.905. The van der Waals surface area contributed by atoms with Crippen LogP contribution >= 0.6 is 11.6 Å². The van der Waals surface area contributed by atoms with E-state index in [2.05, 4.69) is 15.1 Å². The van der Waals surface area contributed by atoms with Gasteiger partial charge in [0, 0.05) is 0 Å². The fraction of sp³-hybridized carbons (Fsp3) is 0.364. The average molecular weight is 251 g/mol. The first-order chi connectivity index (χ1) is 8.24. The molecule has 1 saturated carbocycles. The fourth-order valence-corrected chi connectivity index (χ4v) is 1.96. The Hall–Kier alpha value is -1.62. The summed E-state index contributed by atoms with van der Waals surface area (Å²) in [6.45, 7) is 0. The number of anilines is 1. The standard InChI is InChI=1S/C11H11ClN4O/c12-8-4-14-11(13)15-10(8)7-5-17-16-9(7)3-6-1-2-6/h4-6H,1-3H2,(H2,13,14,15). The first kappa shape index (κ1) is 10.5. The number of rotatable bonds is 3. The number of nitrogen functional groups attached to an aromatic ring is 1. The van der Waals surface area contributed by atoms with Gasteiger partial charge in [0.25, 0.3) is 0 Å². The van der Waals surface area contributed by atoms with Crippen molar-refractivity contribution in [2.45, 2.75) is 19.3 Å². The summed E-state index contributed by atoms with van der Waals surface area (Å²) in [4.78, 5) is 7.97. The molecule has 3 rings (SSSR count). The minimum atomic E-state index is 0.197. The molecule has 88 valence electrons. The van der Waals surface area contributed by atoms with Crippen LogP contribution in [-0.4, -0.2) is 15.1 Å². The number of nitrogens with zero attached hydrogens (tertiary/aromatic N) is 3. The van der Waals surface area contributed by atoms with Gasteiger partial charge in [0.15, 0.2) is 0 Å². The summed E-state index contributed by atoms with van der Waals surface area (Å²) in [6, 6.07) is 0. The zero-order valence-electron chi connectivity index (χ0n) is 9.06. The highest BCUT2D eigenvalue weighted by atomic mass is 35.5. The maximum absolute atomic E-state index is 6.06. The van der Waals surface area contributed by atoms with E-state index in [1.54, 1.807) is 6.26 Å². The number of halogens is 1. The molecule has 0 aliphatic heterocycles. The molecule has 0 bridgehead atoms. The van der Waals surface area contributed by atoms with Crippen LogP contribution in [0.25, 0.3) is 11.3 Å². The zero-order chi connectivity index (χ0) is 11.8. The molecular formula is C11H11ClN4O. The minimum absolute atomic E-state index is 0.197. The summed E-state index contributed by atoms with van der Waals surface area (Å²) in [5.74, 6) is 0.916. The van der Waals surface area contributed by atoms with Crippen molar-refractivity contribution in [2.24, 2.45) is 5.92 Å². The molecule has 0 atom stereocenters. The normalized spacial score (nSPS) is 15.1. The molecule has 0 unspecified atom stereocenters. The molecule has 2 aromatic rings. The Bertz CT molecular complexity index is 550. The molecule has 2 aromatic heterocycles. The lowest BCUT2D eigenvalue weighted by atomic mass is 10.1. The third kappa shape index (κ3) is 2.10. The maximum Gasteiger partial charge on any atom is 0.220 e. The highest BCUT2D eigenvalue weighted by molar-refractivity contribution is 6.32. The molecular weight excluding hydrogens is 240 g/mol. The van der Waals surface area contributed by atoms with Crippen molar-refractivity contribution in [2.75, 3.05) is 5.73 Å². The molecule has 0 radical (unpaired) electrons. The summed E-state index contributed by atoms with van der Waals surface area (Å²) in [6.07, 6.45) is 6.47. The maximum atomic E-state index is 6.06. The zero-order valence-corrected chi connectivity index (χ0v) is 9.81. The summed E-state index contributed by atoms with van der Waals surface area (Å²) < 4.78 is 5.01. The Kier molecular flexibility index (Phi) is 2.48. The molecule has 0 spiro atoms. The second-order valence-corrected chi connectivity index (χ2v) is 4.65. The fourth-order valence-electron chi connectivity index (χ4n) is 1.76. The lowest BCUT2D eigenvalue weighted by molar-refractivity contribution is 0.410. The SMILES string of the molecule is Nc1ncc(Cl)c(-c2conc2CC2CC2)n1. The second kappa shape index (κ2) is 4.00. The van der Waals surface area contributed by atoms with E-state index in [1.165, 1.54) is 19.0 Å². The van der Waals surface area contributed by atoms with Gasteiger partial charge in [-0.15, -0.1) is 0 Å². The molecule has 17 heavy (non-hydrogen) atoms. The monoisotopic (exact) mass is 250 g/mol. The molecule has 1 fully saturated rings. The van der Waals surface area contributed by atoms with Crippen LogP contribution in [-0.2, 0) is 6.42 Å². The first-order valence-corrected chi connectivity index (χ1v) is 5.83. The molecule has 0 amide bonds. The first-order valence-electron chi connectivity index (χ1n) is 5.45. The van der Waals surface area contributed by atoms with E-state index < -0.39 is 0 Å². The molecule has 1 aliphatic carbocycles. The summed E-state index contributed by atoms with van der Waals surface area (Å²) in [5.41, 5.74) is 7.87. The third-order valence-electron chi connectivity index (χ3n) is 2.84. The van der Waals surface area contributed by atoms with Gasteiger partial charge in [-0.05, 0) is 25.2 Å². The molecule has 5 nitrogen and oxygen atoms in total. The summed E-state index contributed by atoms with van der Waals surface area (Å²) in [5, 5.41) is 4.47. The Morgan fingerprint density at radius 2 is 2.29 bits per heavy atom. The van der Waals surface area contributed by atoms with Crippen LogP contribution in [0.1, 0.15) is 18.5 Å². The number of nitrogens with two attached hydrogens (primary N) is 1. The second-order valence-electron chi connectivity index (χ2n) is 4.25. The molecule has 1 aliphatic rings. The van der Waals surface area contributed by atoms with Crippen molar-refractivity contribution in [3.8, 4) is 11.3 Å². The Balaban J connectivity index is 2.01. The number of hydrogen-bond acceptors (Lipinski definition) is 5. The number of hydrogen-bond donors (Lipinski definition) is 1. The predicted octanol–water partition coefficient (Wildman–Crippen LogP) is 2.32. The smallest absolute Gasteiger partial charge is 0.220 e. The van der Waals surface area contributed by atoms with Crippen molar-refractivity contribution in [3.05, 3.63) is 23.2 Å². The van der Waals surface area contributed by atoms with Gasteiger partial charge in [0.2, 0.25) is 5.95 Å². The molecule has 2 N–H and O–H groups in total. The van der Waals surface area contributed by atoms with Crippen LogP contribution in [0.5, 0.6) is 0 Å². The molecule has 0 saturated heterocycles. The van der Waals surface area contributed by atoms with E-state index in [4.69, 9.17) is 21.9 Å². The van der Waals surface area contributed by atoms with Crippen LogP contribution in [0, 0.1) is 5.92 Å². The van der Waals surface area contributed by atoms with Crippen molar-refractivity contribution in [1.29, 1.82) is 0 Å². The van der Waals surface area contributed by atoms with Gasteiger partial charge in [0.05, 0.1) is 28.2 Å². The Morgan fingerprint density at radius 1 is 1.47 bits per heavy atom. The van der Waals surface area contributed by atoms with Crippen LogP contribution in [0.4, 0.5) is 5.95 Å². The van der Waals surface area contributed by atoms with Crippen LogP contribution in [0.15, 0.2) is 17.0 Å². The van der Waals surface area contributed by atoms with E-state index in [9.17, 15) is 0 Å². The minimum Gasteiger partial charge on any atom is -0.368 e. The van der Waals surface area contributed by atoms with Gasteiger partial charge in [-0.25, -0.2) is 9.97 Å². The molecule has 0 aromatic carbocycles. The van der Waals surface area contributed by atoms with Gasteiger partial charge >= 0.3 is 0 Å². The average Bonchev–Trinajstić information content (AvgIpc) is 3.00. The van der Waals surface area contributed by atoms with E-state index >= 15 is 0 Å². The predicted molar refractivity (Wildman–Crippen MR) is 63.4 cm³/mol. The van der Waals surface area contributed by atoms with Crippen LogP contribution in [0.2, 0.25) is 5.02 Å². The Morgan fingerprint density at radius 3 is 3.06 bits per heavy atom. The lowest BCUT2D eigenvalue weighted by Crippen LogP contribution is -1.98. The van der Waals surface area contributed by atoms with Gasteiger partial charge in [0.1, 0.15) is 6.26 Å². The van der Waals surface area contributed by atoms with Crippen molar-refractivity contribution >= 4 is 17.5 Å².